The highest BCUT2D eigenvalue weighted by molar-refractivity contribution is 6.30. The fourth-order valence-corrected chi connectivity index (χ4v) is 2.82. The minimum atomic E-state index is -0.420. The van der Waals surface area contributed by atoms with Crippen LogP contribution in [0.25, 0.3) is 0 Å². The molecule has 0 radical (unpaired) electrons. The SMILES string of the molecule is CC(C)(C)C(=O)N1CCN(C(=O)CNC(=O)c2cccc(Cl)c2)CC1. The van der Waals surface area contributed by atoms with Crippen LogP contribution in [-0.2, 0) is 9.59 Å². The molecule has 1 aliphatic rings. The Morgan fingerprint density at radius 1 is 1.08 bits per heavy atom. The summed E-state index contributed by atoms with van der Waals surface area (Å²) in [6.45, 7) is 7.59. The van der Waals surface area contributed by atoms with E-state index in [1.807, 2.05) is 20.8 Å². The summed E-state index contributed by atoms with van der Waals surface area (Å²) in [6, 6.07) is 6.56. The van der Waals surface area contributed by atoms with Crippen molar-refractivity contribution in [1.82, 2.24) is 15.1 Å². The zero-order valence-electron chi connectivity index (χ0n) is 14.8. The van der Waals surface area contributed by atoms with Gasteiger partial charge in [-0.15, -0.1) is 0 Å². The van der Waals surface area contributed by atoms with E-state index in [1.54, 1.807) is 34.1 Å². The number of hydrogen-bond acceptors (Lipinski definition) is 3. The minimum Gasteiger partial charge on any atom is -0.343 e. The third-order valence-electron chi connectivity index (χ3n) is 4.05. The Kier molecular flexibility index (Phi) is 6.06. The van der Waals surface area contributed by atoms with Gasteiger partial charge in [0.2, 0.25) is 11.8 Å². The summed E-state index contributed by atoms with van der Waals surface area (Å²) < 4.78 is 0. The zero-order chi connectivity index (χ0) is 18.6. The van der Waals surface area contributed by atoms with Gasteiger partial charge < -0.3 is 15.1 Å². The van der Waals surface area contributed by atoms with Crippen LogP contribution in [0.1, 0.15) is 31.1 Å². The van der Waals surface area contributed by atoms with Crippen LogP contribution in [0.3, 0.4) is 0 Å². The molecule has 25 heavy (non-hydrogen) atoms. The summed E-state index contributed by atoms with van der Waals surface area (Å²) in [6.07, 6.45) is 0. The Bertz CT molecular complexity index is 662. The highest BCUT2D eigenvalue weighted by atomic mass is 35.5. The topological polar surface area (TPSA) is 69.7 Å². The molecule has 1 saturated heterocycles. The lowest BCUT2D eigenvalue weighted by Gasteiger charge is -2.37. The molecule has 0 bridgehead atoms. The number of piperazine rings is 1. The van der Waals surface area contributed by atoms with Crippen LogP contribution in [0.5, 0.6) is 0 Å². The fourth-order valence-electron chi connectivity index (χ4n) is 2.63. The maximum absolute atomic E-state index is 12.3. The smallest absolute Gasteiger partial charge is 0.251 e. The molecule has 0 aromatic heterocycles. The summed E-state index contributed by atoms with van der Waals surface area (Å²) in [5.41, 5.74) is -0.00204. The third-order valence-corrected chi connectivity index (χ3v) is 4.28. The van der Waals surface area contributed by atoms with E-state index in [-0.39, 0.29) is 24.3 Å². The van der Waals surface area contributed by atoms with E-state index in [9.17, 15) is 14.4 Å². The monoisotopic (exact) mass is 365 g/mol. The van der Waals surface area contributed by atoms with Gasteiger partial charge in [0, 0.05) is 42.2 Å². The van der Waals surface area contributed by atoms with Gasteiger partial charge in [0.1, 0.15) is 0 Å². The molecule has 0 aliphatic carbocycles. The molecule has 0 unspecified atom stereocenters. The Morgan fingerprint density at radius 3 is 2.24 bits per heavy atom. The second-order valence-corrected chi connectivity index (χ2v) is 7.55. The molecule has 6 nitrogen and oxygen atoms in total. The Hall–Kier alpha value is -2.08. The summed E-state index contributed by atoms with van der Waals surface area (Å²) in [4.78, 5) is 40.0. The van der Waals surface area contributed by atoms with Crippen molar-refractivity contribution in [2.45, 2.75) is 20.8 Å². The van der Waals surface area contributed by atoms with Crippen LogP contribution in [0, 0.1) is 5.41 Å². The van der Waals surface area contributed by atoms with Crippen LogP contribution in [-0.4, -0.2) is 60.2 Å². The molecule has 0 spiro atoms. The van der Waals surface area contributed by atoms with Crippen LogP contribution < -0.4 is 5.32 Å². The predicted octanol–water partition coefficient (Wildman–Crippen LogP) is 1.79. The van der Waals surface area contributed by atoms with Crippen LogP contribution in [0.2, 0.25) is 5.02 Å². The largest absolute Gasteiger partial charge is 0.343 e. The lowest BCUT2D eigenvalue weighted by atomic mass is 9.94. The standard InChI is InChI=1S/C18H24ClN3O3/c1-18(2,3)17(25)22-9-7-21(8-10-22)15(23)12-20-16(24)13-5-4-6-14(19)11-13/h4-6,11H,7-10,12H2,1-3H3,(H,20,24). The van der Waals surface area contributed by atoms with Crippen molar-refractivity contribution in [2.75, 3.05) is 32.7 Å². The van der Waals surface area contributed by atoms with Gasteiger partial charge in [-0.2, -0.15) is 0 Å². The highest BCUT2D eigenvalue weighted by Crippen LogP contribution is 2.18. The Morgan fingerprint density at radius 2 is 1.68 bits per heavy atom. The van der Waals surface area contributed by atoms with Crippen LogP contribution >= 0.6 is 11.6 Å². The van der Waals surface area contributed by atoms with Gasteiger partial charge in [0.25, 0.3) is 5.91 Å². The second-order valence-electron chi connectivity index (χ2n) is 7.12. The van der Waals surface area contributed by atoms with Crippen molar-refractivity contribution < 1.29 is 14.4 Å². The number of nitrogens with one attached hydrogen (secondary N) is 1. The van der Waals surface area contributed by atoms with E-state index in [0.29, 0.717) is 36.8 Å². The molecule has 3 amide bonds. The fraction of sp³-hybridized carbons (Fsp3) is 0.500. The maximum Gasteiger partial charge on any atom is 0.251 e. The van der Waals surface area contributed by atoms with Gasteiger partial charge >= 0.3 is 0 Å². The summed E-state index contributed by atoms with van der Waals surface area (Å²) in [5.74, 6) is -0.399. The number of rotatable bonds is 3. The van der Waals surface area contributed by atoms with E-state index >= 15 is 0 Å². The van der Waals surface area contributed by atoms with E-state index in [1.165, 1.54) is 0 Å². The zero-order valence-corrected chi connectivity index (χ0v) is 15.6. The molecule has 1 aromatic rings. The first-order chi connectivity index (χ1) is 11.7. The van der Waals surface area contributed by atoms with Crippen LogP contribution in [0.15, 0.2) is 24.3 Å². The van der Waals surface area contributed by atoms with Gasteiger partial charge in [0.15, 0.2) is 0 Å². The maximum atomic E-state index is 12.3. The lowest BCUT2D eigenvalue weighted by molar-refractivity contribution is -0.144. The molecule has 136 valence electrons. The van der Waals surface area contributed by atoms with Crippen molar-refractivity contribution >= 4 is 29.3 Å². The number of carbonyl (C=O) groups excluding carboxylic acids is 3. The van der Waals surface area contributed by atoms with E-state index in [0.717, 1.165) is 0 Å². The summed E-state index contributed by atoms with van der Waals surface area (Å²) in [7, 11) is 0. The Labute approximate surface area is 153 Å². The molecule has 0 atom stereocenters. The second kappa shape index (κ2) is 7.87. The van der Waals surface area contributed by atoms with Gasteiger partial charge in [-0.25, -0.2) is 0 Å². The van der Waals surface area contributed by atoms with Crippen molar-refractivity contribution in [2.24, 2.45) is 5.41 Å². The number of carbonyl (C=O) groups is 3. The number of hydrogen-bond donors (Lipinski definition) is 1. The average Bonchev–Trinajstić information content (AvgIpc) is 2.58. The molecule has 1 heterocycles. The minimum absolute atomic E-state index is 0.0709. The van der Waals surface area contributed by atoms with Crippen molar-refractivity contribution in [3.8, 4) is 0 Å². The number of amides is 3. The van der Waals surface area contributed by atoms with Gasteiger partial charge in [-0.05, 0) is 18.2 Å². The molecule has 0 saturated carbocycles. The lowest BCUT2D eigenvalue weighted by Crippen LogP contribution is -2.54. The van der Waals surface area contributed by atoms with E-state index < -0.39 is 5.41 Å². The van der Waals surface area contributed by atoms with Gasteiger partial charge in [-0.1, -0.05) is 38.4 Å². The molecule has 1 fully saturated rings. The van der Waals surface area contributed by atoms with Crippen molar-refractivity contribution in [3.63, 3.8) is 0 Å². The van der Waals surface area contributed by atoms with Gasteiger partial charge in [-0.3, -0.25) is 14.4 Å². The Balaban J connectivity index is 1.81. The summed E-state index contributed by atoms with van der Waals surface area (Å²) in [5, 5.41) is 3.08. The molecule has 7 heteroatoms. The third kappa shape index (κ3) is 5.19. The predicted molar refractivity (Wildman–Crippen MR) is 96.4 cm³/mol. The molecule has 1 N–H and O–H groups in total. The average molecular weight is 366 g/mol. The first kappa shape index (κ1) is 19.2. The number of benzene rings is 1. The first-order valence-corrected chi connectivity index (χ1v) is 8.67. The van der Waals surface area contributed by atoms with Crippen LogP contribution in [0.4, 0.5) is 0 Å². The quantitative estimate of drug-likeness (QED) is 0.887. The van der Waals surface area contributed by atoms with Crippen molar-refractivity contribution in [1.29, 1.82) is 0 Å². The summed E-state index contributed by atoms with van der Waals surface area (Å²) >= 11 is 5.86. The van der Waals surface area contributed by atoms with Crippen molar-refractivity contribution in [3.05, 3.63) is 34.9 Å². The number of halogens is 1. The van der Waals surface area contributed by atoms with Gasteiger partial charge in [0.05, 0.1) is 6.54 Å². The first-order valence-electron chi connectivity index (χ1n) is 8.29. The molecule has 2 rings (SSSR count). The number of nitrogens with zero attached hydrogens (tertiary/aromatic N) is 2. The van der Waals surface area contributed by atoms with E-state index in [4.69, 9.17) is 11.6 Å². The molecular formula is C18H24ClN3O3. The highest BCUT2D eigenvalue weighted by Gasteiger charge is 2.30. The molecule has 1 aliphatic heterocycles. The normalized spacial score (nSPS) is 15.0. The molecule has 1 aromatic carbocycles. The molecular weight excluding hydrogens is 342 g/mol. The van der Waals surface area contributed by atoms with E-state index in [2.05, 4.69) is 5.32 Å².